The molecule has 18 heavy (non-hydrogen) atoms. The number of anilines is 1. The second-order valence-electron chi connectivity index (χ2n) is 5.93. The highest BCUT2D eigenvalue weighted by Crippen LogP contribution is 2.28. The summed E-state index contributed by atoms with van der Waals surface area (Å²) in [6.45, 7) is 7.32. The zero-order chi connectivity index (χ0) is 12.4. The largest absolute Gasteiger partial charge is 0.371 e. The van der Waals surface area contributed by atoms with Gasteiger partial charge in [-0.2, -0.15) is 0 Å². The van der Waals surface area contributed by atoms with Crippen LogP contribution in [0.3, 0.4) is 0 Å². The molecule has 0 radical (unpaired) electrons. The van der Waals surface area contributed by atoms with Crippen molar-refractivity contribution < 1.29 is 0 Å². The molecule has 2 nitrogen and oxygen atoms in total. The molecular formula is C16H24N2. The van der Waals surface area contributed by atoms with Crippen LogP contribution in [0.5, 0.6) is 0 Å². The summed E-state index contributed by atoms with van der Waals surface area (Å²) in [7, 11) is 0. The third kappa shape index (κ3) is 2.39. The molecule has 0 saturated carbocycles. The van der Waals surface area contributed by atoms with Crippen molar-refractivity contribution >= 4 is 5.69 Å². The summed E-state index contributed by atoms with van der Waals surface area (Å²) in [6.07, 6.45) is 3.93. The van der Waals surface area contributed by atoms with Crippen molar-refractivity contribution in [2.45, 2.75) is 26.2 Å². The molecule has 98 valence electrons. The molecule has 1 unspecified atom stereocenters. The Hall–Kier alpha value is -1.02. The minimum Gasteiger partial charge on any atom is -0.371 e. The molecule has 1 N–H and O–H groups in total. The van der Waals surface area contributed by atoms with Gasteiger partial charge < -0.3 is 10.2 Å². The van der Waals surface area contributed by atoms with Gasteiger partial charge in [-0.1, -0.05) is 25.1 Å². The number of hydrogen-bond donors (Lipinski definition) is 1. The highest BCUT2D eigenvalue weighted by molar-refractivity contribution is 5.54. The van der Waals surface area contributed by atoms with E-state index in [1.807, 2.05) is 0 Å². The molecule has 2 aliphatic rings. The predicted octanol–water partition coefficient (Wildman–Crippen LogP) is 2.68. The normalized spacial score (nSPS) is 21.9. The standard InChI is InChI=1S/C16H24N2/c1-13(15-10-17-11-15)12-18-9-5-4-7-14-6-2-3-8-16(14)18/h2-3,6,8,13,15,17H,4-5,7,9-12H2,1H3. The van der Waals surface area contributed by atoms with Gasteiger partial charge in [0.2, 0.25) is 0 Å². The molecule has 0 spiro atoms. The summed E-state index contributed by atoms with van der Waals surface area (Å²) in [6, 6.07) is 8.99. The fraction of sp³-hybridized carbons (Fsp3) is 0.625. The topological polar surface area (TPSA) is 15.3 Å². The Morgan fingerprint density at radius 3 is 2.89 bits per heavy atom. The molecule has 0 bridgehead atoms. The fourth-order valence-corrected chi connectivity index (χ4v) is 3.17. The van der Waals surface area contributed by atoms with Crippen molar-refractivity contribution in [1.82, 2.24) is 5.32 Å². The molecule has 2 heterocycles. The van der Waals surface area contributed by atoms with E-state index in [2.05, 4.69) is 41.4 Å². The number of nitrogens with one attached hydrogen (secondary N) is 1. The molecule has 0 amide bonds. The van der Waals surface area contributed by atoms with Gasteiger partial charge in [0.1, 0.15) is 0 Å². The number of aryl methyl sites for hydroxylation is 1. The minimum absolute atomic E-state index is 0.803. The average Bonchev–Trinajstić information content (AvgIpc) is 2.50. The lowest BCUT2D eigenvalue weighted by molar-refractivity contribution is 0.251. The Balaban J connectivity index is 1.74. The predicted molar refractivity (Wildman–Crippen MR) is 77.1 cm³/mol. The Morgan fingerprint density at radius 2 is 2.11 bits per heavy atom. The van der Waals surface area contributed by atoms with E-state index in [0.29, 0.717) is 0 Å². The van der Waals surface area contributed by atoms with E-state index in [4.69, 9.17) is 0 Å². The van der Waals surface area contributed by atoms with Gasteiger partial charge in [0.15, 0.2) is 0 Å². The Kier molecular flexibility index (Phi) is 3.55. The van der Waals surface area contributed by atoms with Crippen LogP contribution in [0.2, 0.25) is 0 Å². The quantitative estimate of drug-likeness (QED) is 0.879. The van der Waals surface area contributed by atoms with Gasteiger partial charge in [0.05, 0.1) is 0 Å². The molecular weight excluding hydrogens is 220 g/mol. The molecule has 1 aromatic rings. The summed E-state index contributed by atoms with van der Waals surface area (Å²) >= 11 is 0. The maximum atomic E-state index is 3.39. The maximum Gasteiger partial charge on any atom is 0.0398 e. The number of fused-ring (bicyclic) bond motifs is 1. The van der Waals surface area contributed by atoms with Gasteiger partial charge in [0.25, 0.3) is 0 Å². The van der Waals surface area contributed by atoms with Crippen molar-refractivity contribution in [1.29, 1.82) is 0 Å². The van der Waals surface area contributed by atoms with Gasteiger partial charge >= 0.3 is 0 Å². The Bertz CT molecular complexity index is 398. The van der Waals surface area contributed by atoms with Gasteiger partial charge in [-0.25, -0.2) is 0 Å². The van der Waals surface area contributed by atoms with E-state index in [9.17, 15) is 0 Å². The summed E-state index contributed by atoms with van der Waals surface area (Å²) < 4.78 is 0. The Morgan fingerprint density at radius 1 is 1.28 bits per heavy atom. The molecule has 2 aliphatic heterocycles. The second-order valence-corrected chi connectivity index (χ2v) is 5.93. The van der Waals surface area contributed by atoms with Crippen molar-refractivity contribution in [3.8, 4) is 0 Å². The van der Waals surface area contributed by atoms with E-state index < -0.39 is 0 Å². The van der Waals surface area contributed by atoms with E-state index in [-0.39, 0.29) is 0 Å². The lowest BCUT2D eigenvalue weighted by Crippen LogP contribution is -2.48. The monoisotopic (exact) mass is 244 g/mol. The first-order chi connectivity index (χ1) is 8.84. The van der Waals surface area contributed by atoms with Crippen LogP contribution >= 0.6 is 0 Å². The summed E-state index contributed by atoms with van der Waals surface area (Å²) in [5, 5.41) is 3.39. The lowest BCUT2D eigenvalue weighted by atomic mass is 9.88. The van der Waals surface area contributed by atoms with Gasteiger partial charge in [-0.05, 0) is 55.8 Å². The molecule has 1 atom stereocenters. The van der Waals surface area contributed by atoms with Crippen LogP contribution in [0.1, 0.15) is 25.3 Å². The van der Waals surface area contributed by atoms with Gasteiger partial charge in [-0.15, -0.1) is 0 Å². The first-order valence-corrected chi connectivity index (χ1v) is 7.38. The first kappa shape index (κ1) is 12.0. The van der Waals surface area contributed by atoms with Crippen LogP contribution in [-0.4, -0.2) is 26.2 Å². The molecule has 2 heteroatoms. The summed E-state index contributed by atoms with van der Waals surface area (Å²) in [5.41, 5.74) is 3.04. The van der Waals surface area contributed by atoms with Crippen LogP contribution in [0, 0.1) is 11.8 Å². The first-order valence-electron chi connectivity index (χ1n) is 7.38. The number of hydrogen-bond acceptors (Lipinski definition) is 2. The van der Waals surface area contributed by atoms with E-state index in [0.717, 1.165) is 11.8 Å². The van der Waals surface area contributed by atoms with Crippen molar-refractivity contribution in [3.05, 3.63) is 29.8 Å². The second kappa shape index (κ2) is 5.31. The summed E-state index contributed by atoms with van der Waals surface area (Å²) in [5.74, 6) is 1.69. The fourth-order valence-electron chi connectivity index (χ4n) is 3.17. The molecule has 1 saturated heterocycles. The molecule has 1 fully saturated rings. The van der Waals surface area contributed by atoms with Crippen LogP contribution < -0.4 is 10.2 Å². The third-order valence-corrected chi connectivity index (χ3v) is 4.58. The number of rotatable bonds is 3. The average molecular weight is 244 g/mol. The van der Waals surface area contributed by atoms with E-state index in [1.54, 1.807) is 5.56 Å². The van der Waals surface area contributed by atoms with Crippen LogP contribution in [0.4, 0.5) is 5.69 Å². The number of para-hydroxylation sites is 1. The zero-order valence-corrected chi connectivity index (χ0v) is 11.4. The molecule has 0 aromatic heterocycles. The van der Waals surface area contributed by atoms with Gasteiger partial charge in [0, 0.05) is 18.8 Å². The molecule has 3 rings (SSSR count). The SMILES string of the molecule is CC(CN1CCCCc2ccccc21)C1CNC1. The molecule has 1 aromatic carbocycles. The van der Waals surface area contributed by atoms with E-state index >= 15 is 0 Å². The number of benzene rings is 1. The van der Waals surface area contributed by atoms with Crippen molar-refractivity contribution in [3.63, 3.8) is 0 Å². The van der Waals surface area contributed by atoms with Crippen LogP contribution in [0.25, 0.3) is 0 Å². The minimum atomic E-state index is 0.803. The number of nitrogens with zero attached hydrogens (tertiary/aromatic N) is 1. The van der Waals surface area contributed by atoms with Crippen LogP contribution in [-0.2, 0) is 6.42 Å². The highest BCUT2D eigenvalue weighted by atomic mass is 15.1. The van der Waals surface area contributed by atoms with Gasteiger partial charge in [-0.3, -0.25) is 0 Å². The van der Waals surface area contributed by atoms with E-state index in [1.165, 1.54) is 51.1 Å². The third-order valence-electron chi connectivity index (χ3n) is 4.58. The Labute approximate surface area is 110 Å². The summed E-state index contributed by atoms with van der Waals surface area (Å²) in [4.78, 5) is 2.63. The smallest absolute Gasteiger partial charge is 0.0398 e. The van der Waals surface area contributed by atoms with Crippen molar-refractivity contribution in [2.24, 2.45) is 11.8 Å². The zero-order valence-electron chi connectivity index (χ0n) is 11.4. The lowest BCUT2D eigenvalue weighted by Gasteiger charge is -2.36. The van der Waals surface area contributed by atoms with Crippen LogP contribution in [0.15, 0.2) is 24.3 Å². The highest BCUT2D eigenvalue weighted by Gasteiger charge is 2.26. The molecule has 0 aliphatic carbocycles. The maximum absolute atomic E-state index is 3.39. The van der Waals surface area contributed by atoms with Crippen molar-refractivity contribution in [2.75, 3.05) is 31.1 Å².